The highest BCUT2D eigenvalue weighted by Crippen LogP contribution is 2.30. The molecule has 0 bridgehead atoms. The summed E-state index contributed by atoms with van der Waals surface area (Å²) in [6.45, 7) is 0. The van der Waals surface area contributed by atoms with Crippen LogP contribution in [0.2, 0.25) is 0 Å². The molecule has 0 spiro atoms. The molecule has 0 fully saturated rings. The van der Waals surface area contributed by atoms with E-state index in [9.17, 15) is 9.18 Å². The molecule has 0 atom stereocenters. The van der Waals surface area contributed by atoms with Gasteiger partial charge in [-0.2, -0.15) is 0 Å². The average molecular weight is 270 g/mol. The number of carbonyl (C=O) groups is 1. The van der Waals surface area contributed by atoms with Crippen LogP contribution in [0, 0.1) is 5.82 Å². The van der Waals surface area contributed by atoms with Crippen LogP contribution in [0.25, 0.3) is 22.2 Å². The van der Waals surface area contributed by atoms with Crippen molar-refractivity contribution in [2.75, 3.05) is 0 Å². The van der Waals surface area contributed by atoms with E-state index in [0.717, 1.165) is 10.9 Å². The molecule has 0 amide bonds. The summed E-state index contributed by atoms with van der Waals surface area (Å²) in [6.07, 6.45) is 3.09. The lowest BCUT2D eigenvalue weighted by Crippen LogP contribution is -1.96. The number of pyridine rings is 1. The highest BCUT2D eigenvalue weighted by Gasteiger charge is 2.13. The summed E-state index contributed by atoms with van der Waals surface area (Å²) in [5.41, 5.74) is 2.02. The van der Waals surface area contributed by atoms with Gasteiger partial charge in [-0.3, -0.25) is 4.98 Å². The van der Waals surface area contributed by atoms with Gasteiger partial charge in [0.1, 0.15) is 5.82 Å². The number of carboxylic acids is 1. The maximum absolute atomic E-state index is 13.8. The lowest BCUT2D eigenvalue weighted by Gasteiger charge is -2.00. The number of aryl methyl sites for hydroxylation is 1. The Labute approximate surface area is 114 Å². The molecule has 0 saturated heterocycles. The summed E-state index contributed by atoms with van der Waals surface area (Å²) >= 11 is 0. The van der Waals surface area contributed by atoms with Crippen LogP contribution in [-0.4, -0.2) is 20.6 Å². The van der Waals surface area contributed by atoms with Crippen molar-refractivity contribution >= 4 is 16.9 Å². The predicted octanol–water partition coefficient (Wildman–Crippen LogP) is 3.08. The van der Waals surface area contributed by atoms with Gasteiger partial charge in [0.15, 0.2) is 0 Å². The molecule has 0 unspecified atom stereocenters. The molecule has 1 N–H and O–H groups in total. The number of benzene rings is 1. The number of aromatic carboxylic acids is 1. The summed E-state index contributed by atoms with van der Waals surface area (Å²) in [5.74, 6) is -1.31. The average Bonchev–Trinajstić information content (AvgIpc) is 2.77. The number of hydrogen-bond acceptors (Lipinski definition) is 2. The summed E-state index contributed by atoms with van der Waals surface area (Å²) in [7, 11) is 1.76. The zero-order valence-electron chi connectivity index (χ0n) is 10.7. The van der Waals surface area contributed by atoms with E-state index in [1.54, 1.807) is 29.9 Å². The molecule has 1 aromatic carbocycles. The molecule has 0 aliphatic heterocycles. The van der Waals surface area contributed by atoms with Gasteiger partial charge in [-0.1, -0.05) is 12.1 Å². The van der Waals surface area contributed by atoms with E-state index < -0.39 is 5.97 Å². The molecule has 0 radical (unpaired) electrons. The van der Waals surface area contributed by atoms with E-state index in [-0.39, 0.29) is 11.4 Å². The fourth-order valence-electron chi connectivity index (χ4n) is 2.30. The minimum Gasteiger partial charge on any atom is -0.478 e. The van der Waals surface area contributed by atoms with Crippen LogP contribution in [0.15, 0.2) is 42.7 Å². The van der Waals surface area contributed by atoms with Crippen molar-refractivity contribution in [2.45, 2.75) is 0 Å². The van der Waals surface area contributed by atoms with Crippen molar-refractivity contribution in [1.82, 2.24) is 9.55 Å². The van der Waals surface area contributed by atoms with Crippen molar-refractivity contribution in [3.05, 3.63) is 54.1 Å². The number of carboxylic acid groups (broad SMARTS) is 1. The SMILES string of the molecule is Cn1cc(-c2ccc(C(=O)O)cn2)c2cccc(F)c21. The van der Waals surface area contributed by atoms with Crippen molar-refractivity contribution in [3.8, 4) is 11.3 Å². The minimum absolute atomic E-state index is 0.125. The maximum atomic E-state index is 13.8. The Kier molecular flexibility index (Phi) is 2.75. The van der Waals surface area contributed by atoms with E-state index in [1.807, 2.05) is 6.07 Å². The van der Waals surface area contributed by atoms with E-state index in [1.165, 1.54) is 18.3 Å². The summed E-state index contributed by atoms with van der Waals surface area (Å²) in [4.78, 5) is 15.0. The Bertz CT molecular complexity index is 807. The first kappa shape index (κ1) is 12.3. The molecule has 3 aromatic rings. The lowest BCUT2D eigenvalue weighted by molar-refractivity contribution is 0.0696. The number of aromatic nitrogens is 2. The van der Waals surface area contributed by atoms with Gasteiger partial charge in [0.2, 0.25) is 0 Å². The van der Waals surface area contributed by atoms with Gasteiger partial charge in [0.25, 0.3) is 0 Å². The van der Waals surface area contributed by atoms with Crippen LogP contribution in [-0.2, 0) is 7.05 Å². The fourth-order valence-corrected chi connectivity index (χ4v) is 2.30. The smallest absolute Gasteiger partial charge is 0.337 e. The largest absolute Gasteiger partial charge is 0.478 e. The van der Waals surface area contributed by atoms with Gasteiger partial charge in [0, 0.05) is 30.4 Å². The maximum Gasteiger partial charge on any atom is 0.337 e. The van der Waals surface area contributed by atoms with Crippen LogP contribution in [0.3, 0.4) is 0 Å². The van der Waals surface area contributed by atoms with E-state index in [0.29, 0.717) is 11.2 Å². The van der Waals surface area contributed by atoms with Crippen LogP contribution < -0.4 is 0 Å². The van der Waals surface area contributed by atoms with Crippen molar-refractivity contribution in [2.24, 2.45) is 7.05 Å². The van der Waals surface area contributed by atoms with Crippen molar-refractivity contribution in [1.29, 1.82) is 0 Å². The zero-order valence-corrected chi connectivity index (χ0v) is 10.7. The molecule has 20 heavy (non-hydrogen) atoms. The molecule has 2 heterocycles. The number of hydrogen-bond donors (Lipinski definition) is 1. The van der Waals surface area contributed by atoms with Gasteiger partial charge in [0.05, 0.1) is 16.8 Å². The number of fused-ring (bicyclic) bond motifs is 1. The predicted molar refractivity (Wildman–Crippen MR) is 73.1 cm³/mol. The number of nitrogens with zero attached hydrogens (tertiary/aromatic N) is 2. The van der Waals surface area contributed by atoms with Crippen molar-refractivity contribution in [3.63, 3.8) is 0 Å². The Hall–Kier alpha value is -2.69. The van der Waals surface area contributed by atoms with Crippen LogP contribution >= 0.6 is 0 Å². The first-order valence-electron chi connectivity index (χ1n) is 6.01. The summed E-state index contributed by atoms with van der Waals surface area (Å²) < 4.78 is 15.5. The fraction of sp³-hybridized carbons (Fsp3) is 0.0667. The topological polar surface area (TPSA) is 55.1 Å². The quantitative estimate of drug-likeness (QED) is 0.778. The summed E-state index contributed by atoms with van der Waals surface area (Å²) in [5, 5.41) is 9.62. The third-order valence-corrected chi connectivity index (χ3v) is 3.24. The number of halogens is 1. The lowest BCUT2D eigenvalue weighted by atomic mass is 10.1. The van der Waals surface area contributed by atoms with E-state index in [4.69, 9.17) is 5.11 Å². The van der Waals surface area contributed by atoms with Gasteiger partial charge in [-0.15, -0.1) is 0 Å². The molecule has 5 heteroatoms. The van der Waals surface area contributed by atoms with Crippen molar-refractivity contribution < 1.29 is 14.3 Å². The first-order valence-corrected chi connectivity index (χ1v) is 6.01. The molecule has 3 rings (SSSR count). The minimum atomic E-state index is -1.02. The van der Waals surface area contributed by atoms with Crippen LogP contribution in [0.4, 0.5) is 4.39 Å². The second kappa shape index (κ2) is 4.45. The van der Waals surface area contributed by atoms with Crippen LogP contribution in [0.1, 0.15) is 10.4 Å². The Morgan fingerprint density at radius 2 is 2.10 bits per heavy atom. The highest BCUT2D eigenvalue weighted by atomic mass is 19.1. The first-order chi connectivity index (χ1) is 9.58. The van der Waals surface area contributed by atoms with E-state index in [2.05, 4.69) is 4.98 Å². The molecule has 4 nitrogen and oxygen atoms in total. The Morgan fingerprint density at radius 3 is 2.75 bits per heavy atom. The third-order valence-electron chi connectivity index (χ3n) is 3.24. The molecule has 0 aliphatic carbocycles. The number of para-hydroxylation sites is 1. The molecule has 0 aliphatic rings. The molecular weight excluding hydrogens is 259 g/mol. The molecule has 100 valence electrons. The number of rotatable bonds is 2. The van der Waals surface area contributed by atoms with Gasteiger partial charge in [-0.05, 0) is 18.2 Å². The molecule has 0 saturated carbocycles. The normalized spacial score (nSPS) is 10.9. The monoisotopic (exact) mass is 270 g/mol. The highest BCUT2D eigenvalue weighted by molar-refractivity contribution is 5.96. The Balaban J connectivity index is 2.20. The van der Waals surface area contributed by atoms with Gasteiger partial charge in [-0.25, -0.2) is 9.18 Å². The Morgan fingerprint density at radius 1 is 1.30 bits per heavy atom. The second-order valence-corrected chi connectivity index (χ2v) is 4.53. The third kappa shape index (κ3) is 1.84. The zero-order chi connectivity index (χ0) is 14.3. The van der Waals surface area contributed by atoms with Gasteiger partial charge >= 0.3 is 5.97 Å². The molecular formula is C15H11FN2O2. The standard InChI is InChI=1S/C15H11FN2O2/c1-18-8-11(10-3-2-4-12(16)14(10)18)13-6-5-9(7-17-13)15(19)20/h2-8H,1H3,(H,19,20). The van der Waals surface area contributed by atoms with E-state index >= 15 is 0 Å². The summed E-state index contributed by atoms with van der Waals surface area (Å²) in [6, 6.07) is 7.99. The molecule has 2 aromatic heterocycles. The second-order valence-electron chi connectivity index (χ2n) is 4.53. The van der Waals surface area contributed by atoms with Gasteiger partial charge < -0.3 is 9.67 Å². The van der Waals surface area contributed by atoms with Crippen LogP contribution in [0.5, 0.6) is 0 Å².